The van der Waals surface area contributed by atoms with Crippen LogP contribution in [0.15, 0.2) is 29.4 Å². The number of nitrogens with zero attached hydrogens (tertiary/aromatic N) is 1. The van der Waals surface area contributed by atoms with Crippen LogP contribution in [0, 0.1) is 0 Å². The summed E-state index contributed by atoms with van der Waals surface area (Å²) in [6, 6.07) is 7.80. The molecule has 0 aliphatic rings. The molecule has 17 heavy (non-hydrogen) atoms. The fourth-order valence-electron chi connectivity index (χ4n) is 1.24. The van der Waals surface area contributed by atoms with Crippen LogP contribution >= 0.6 is 0 Å². The highest BCUT2D eigenvalue weighted by Crippen LogP contribution is 2.05. The molecule has 0 spiro atoms. The normalized spacial score (nSPS) is 11.1. The number of nitrogens with two attached hydrogens (primary N) is 1. The zero-order valence-corrected chi connectivity index (χ0v) is 9.86. The molecule has 1 rings (SSSR count). The lowest BCUT2D eigenvalue weighted by Crippen LogP contribution is -2.33. The van der Waals surface area contributed by atoms with Gasteiger partial charge in [0.05, 0.1) is 5.71 Å². The Bertz CT molecular complexity index is 449. The summed E-state index contributed by atoms with van der Waals surface area (Å²) >= 11 is 0. The molecule has 1 aromatic carbocycles. The third-order valence-electron chi connectivity index (χ3n) is 2.33. The zero-order chi connectivity index (χ0) is 12.8. The lowest BCUT2D eigenvalue weighted by molar-refractivity contribution is -0.137. The number of amides is 2. The number of benzene rings is 1. The van der Waals surface area contributed by atoms with Gasteiger partial charge in [0, 0.05) is 0 Å². The second kappa shape index (κ2) is 5.79. The molecule has 90 valence electrons. The molecule has 0 heterocycles. The van der Waals surface area contributed by atoms with E-state index in [-0.39, 0.29) is 0 Å². The second-order valence-corrected chi connectivity index (χ2v) is 3.55. The van der Waals surface area contributed by atoms with Crippen molar-refractivity contribution in [3.05, 3.63) is 35.4 Å². The van der Waals surface area contributed by atoms with Gasteiger partial charge in [0.1, 0.15) is 0 Å². The van der Waals surface area contributed by atoms with Crippen molar-refractivity contribution in [3.8, 4) is 0 Å². The second-order valence-electron chi connectivity index (χ2n) is 3.55. The first-order valence-electron chi connectivity index (χ1n) is 5.28. The van der Waals surface area contributed by atoms with E-state index in [4.69, 9.17) is 5.73 Å². The van der Waals surface area contributed by atoms with Gasteiger partial charge in [-0.05, 0) is 24.5 Å². The van der Waals surface area contributed by atoms with Crippen molar-refractivity contribution in [2.24, 2.45) is 10.8 Å². The van der Waals surface area contributed by atoms with Gasteiger partial charge in [0.2, 0.25) is 0 Å². The minimum Gasteiger partial charge on any atom is -0.361 e. The van der Waals surface area contributed by atoms with E-state index in [9.17, 15) is 9.59 Å². The molecule has 5 nitrogen and oxygen atoms in total. The average molecular weight is 233 g/mol. The van der Waals surface area contributed by atoms with Crippen LogP contribution in [0.3, 0.4) is 0 Å². The molecule has 0 aliphatic carbocycles. The molecule has 0 unspecified atom stereocenters. The third-order valence-corrected chi connectivity index (χ3v) is 2.33. The Balaban J connectivity index is 2.74. The molecule has 3 N–H and O–H groups in total. The maximum absolute atomic E-state index is 10.9. The summed E-state index contributed by atoms with van der Waals surface area (Å²) in [6.07, 6.45) is 0.967. The zero-order valence-electron chi connectivity index (χ0n) is 9.86. The number of nitrogens with one attached hydrogen (secondary N) is 1. The first-order chi connectivity index (χ1) is 8.04. The number of carbonyl (C=O) groups is 2. The number of aryl methyl sites for hydroxylation is 1. The molecular weight excluding hydrogens is 218 g/mol. The predicted octanol–water partition coefficient (Wildman–Crippen LogP) is 0.574. The smallest absolute Gasteiger partial charge is 0.329 e. The van der Waals surface area contributed by atoms with E-state index < -0.39 is 11.8 Å². The quantitative estimate of drug-likeness (QED) is 0.454. The first kappa shape index (κ1) is 12.9. The van der Waals surface area contributed by atoms with E-state index in [0.717, 1.165) is 12.0 Å². The van der Waals surface area contributed by atoms with E-state index in [1.165, 1.54) is 5.56 Å². The SMILES string of the molecule is CCc1ccc(C(C)=NNC(=O)C(N)=O)cc1. The van der Waals surface area contributed by atoms with E-state index >= 15 is 0 Å². The molecule has 2 amide bonds. The fourth-order valence-corrected chi connectivity index (χ4v) is 1.24. The Morgan fingerprint density at radius 1 is 1.29 bits per heavy atom. The van der Waals surface area contributed by atoms with Crippen molar-refractivity contribution < 1.29 is 9.59 Å². The predicted molar refractivity (Wildman–Crippen MR) is 65.4 cm³/mol. The Kier molecular flexibility index (Phi) is 4.39. The lowest BCUT2D eigenvalue weighted by Gasteiger charge is -2.02. The van der Waals surface area contributed by atoms with Gasteiger partial charge in [0.15, 0.2) is 0 Å². The number of primary amides is 1. The van der Waals surface area contributed by atoms with Crippen LogP contribution in [-0.2, 0) is 16.0 Å². The van der Waals surface area contributed by atoms with Gasteiger partial charge >= 0.3 is 11.8 Å². The number of carbonyl (C=O) groups excluding carboxylic acids is 2. The molecule has 1 aromatic rings. The van der Waals surface area contributed by atoms with Crippen molar-refractivity contribution in [1.29, 1.82) is 0 Å². The van der Waals surface area contributed by atoms with Gasteiger partial charge < -0.3 is 5.73 Å². The average Bonchev–Trinajstić information content (AvgIpc) is 2.35. The summed E-state index contributed by atoms with van der Waals surface area (Å²) in [6.45, 7) is 3.81. The lowest BCUT2D eigenvalue weighted by atomic mass is 10.1. The van der Waals surface area contributed by atoms with Gasteiger partial charge in [-0.3, -0.25) is 9.59 Å². The summed E-state index contributed by atoms with van der Waals surface area (Å²) in [7, 11) is 0. The van der Waals surface area contributed by atoms with E-state index in [2.05, 4.69) is 17.5 Å². The summed E-state index contributed by atoms with van der Waals surface area (Å²) in [4.78, 5) is 21.4. The summed E-state index contributed by atoms with van der Waals surface area (Å²) in [5.74, 6) is -1.97. The van der Waals surface area contributed by atoms with Crippen LogP contribution in [0.5, 0.6) is 0 Å². The monoisotopic (exact) mass is 233 g/mol. The Morgan fingerprint density at radius 2 is 1.88 bits per heavy atom. The highest BCUT2D eigenvalue weighted by molar-refractivity contribution is 6.34. The standard InChI is InChI=1S/C12H15N3O2/c1-3-9-4-6-10(7-5-9)8(2)14-15-12(17)11(13)16/h4-7H,3H2,1-2H3,(H2,13,16)(H,15,17). The number of hydrogen-bond acceptors (Lipinski definition) is 3. The Labute approximate surface area is 99.7 Å². The van der Waals surface area contributed by atoms with E-state index in [1.54, 1.807) is 6.92 Å². The molecule has 0 saturated carbocycles. The van der Waals surface area contributed by atoms with Crippen LogP contribution in [0.4, 0.5) is 0 Å². The molecule has 0 aliphatic heterocycles. The van der Waals surface area contributed by atoms with Gasteiger partial charge in [-0.15, -0.1) is 0 Å². The molecule has 0 radical (unpaired) electrons. The third kappa shape index (κ3) is 3.71. The van der Waals surface area contributed by atoms with Crippen molar-refractivity contribution in [2.75, 3.05) is 0 Å². The number of hydrazone groups is 1. The highest BCUT2D eigenvalue weighted by atomic mass is 16.2. The maximum Gasteiger partial charge on any atom is 0.329 e. The molecule has 5 heteroatoms. The molecule has 0 bridgehead atoms. The number of hydrogen-bond donors (Lipinski definition) is 2. The summed E-state index contributed by atoms with van der Waals surface area (Å²) < 4.78 is 0. The van der Waals surface area contributed by atoms with Crippen molar-refractivity contribution >= 4 is 17.5 Å². The van der Waals surface area contributed by atoms with Crippen molar-refractivity contribution in [3.63, 3.8) is 0 Å². The van der Waals surface area contributed by atoms with E-state index in [1.807, 2.05) is 24.3 Å². The van der Waals surface area contributed by atoms with Crippen molar-refractivity contribution in [2.45, 2.75) is 20.3 Å². The minimum atomic E-state index is -1.05. The highest BCUT2D eigenvalue weighted by Gasteiger charge is 2.06. The topological polar surface area (TPSA) is 84.6 Å². The van der Waals surface area contributed by atoms with Gasteiger partial charge in [-0.25, -0.2) is 5.43 Å². The fraction of sp³-hybridized carbons (Fsp3) is 0.250. The van der Waals surface area contributed by atoms with Crippen molar-refractivity contribution in [1.82, 2.24) is 5.43 Å². The largest absolute Gasteiger partial charge is 0.361 e. The van der Waals surface area contributed by atoms with Gasteiger partial charge in [-0.1, -0.05) is 31.2 Å². The summed E-state index contributed by atoms with van der Waals surface area (Å²) in [5, 5.41) is 3.79. The minimum absolute atomic E-state index is 0.613. The molecule has 0 atom stereocenters. The van der Waals surface area contributed by atoms with Crippen LogP contribution in [0.2, 0.25) is 0 Å². The van der Waals surface area contributed by atoms with Gasteiger partial charge in [0.25, 0.3) is 0 Å². The van der Waals surface area contributed by atoms with Crippen LogP contribution < -0.4 is 11.2 Å². The van der Waals surface area contributed by atoms with Crippen LogP contribution in [0.1, 0.15) is 25.0 Å². The van der Waals surface area contributed by atoms with E-state index in [0.29, 0.717) is 5.71 Å². The van der Waals surface area contributed by atoms with Gasteiger partial charge in [-0.2, -0.15) is 5.10 Å². The van der Waals surface area contributed by atoms with Crippen LogP contribution in [-0.4, -0.2) is 17.5 Å². The molecule has 0 aromatic heterocycles. The summed E-state index contributed by atoms with van der Waals surface area (Å²) in [5.41, 5.74) is 9.58. The Morgan fingerprint density at radius 3 is 2.35 bits per heavy atom. The van der Waals surface area contributed by atoms with Crippen LogP contribution in [0.25, 0.3) is 0 Å². The first-order valence-corrected chi connectivity index (χ1v) is 5.28. The molecular formula is C12H15N3O2. The molecule has 0 fully saturated rings. The maximum atomic E-state index is 10.9. The Hall–Kier alpha value is -2.17. The molecule has 0 saturated heterocycles. The number of rotatable bonds is 3.